The minimum absolute atomic E-state index is 0.0432. The number of rotatable bonds is 8. The molecule has 1 aromatic rings. The summed E-state index contributed by atoms with van der Waals surface area (Å²) in [6.45, 7) is 10.1. The Hall–Kier alpha value is -0.910. The van der Waals surface area contributed by atoms with E-state index in [1.54, 1.807) is 7.11 Å². The van der Waals surface area contributed by atoms with Gasteiger partial charge in [-0.15, -0.1) is 0 Å². The Morgan fingerprint density at radius 3 is 2.67 bits per heavy atom. The number of hydrogen-bond acceptors (Lipinski definition) is 4. The summed E-state index contributed by atoms with van der Waals surface area (Å²) >= 11 is 0. The van der Waals surface area contributed by atoms with Crippen molar-refractivity contribution in [2.24, 2.45) is 0 Å². The molecule has 0 aliphatic carbocycles. The fourth-order valence-corrected chi connectivity index (χ4v) is 1.44. The fourth-order valence-electron chi connectivity index (χ4n) is 1.44. The van der Waals surface area contributed by atoms with Gasteiger partial charge in [-0.3, -0.25) is 4.68 Å². The first-order chi connectivity index (χ1) is 8.54. The molecule has 18 heavy (non-hydrogen) atoms. The van der Waals surface area contributed by atoms with Crippen LogP contribution in [-0.4, -0.2) is 43.3 Å². The highest BCUT2D eigenvalue weighted by Crippen LogP contribution is 2.12. The Kier molecular flexibility index (Phi) is 6.32. The van der Waals surface area contributed by atoms with E-state index in [1.807, 2.05) is 10.9 Å². The first-order valence-corrected chi connectivity index (χ1v) is 6.35. The fraction of sp³-hybridized carbons (Fsp3) is 0.769. The number of nitrogens with one attached hydrogen (secondary N) is 1. The van der Waals surface area contributed by atoms with Gasteiger partial charge in [-0.1, -0.05) is 0 Å². The van der Waals surface area contributed by atoms with Crippen LogP contribution in [0.5, 0.6) is 0 Å². The first kappa shape index (κ1) is 15.1. The lowest BCUT2D eigenvalue weighted by molar-refractivity contribution is 0.0719. The highest BCUT2D eigenvalue weighted by atomic mass is 16.5. The van der Waals surface area contributed by atoms with Gasteiger partial charge in [0.05, 0.1) is 31.6 Å². The van der Waals surface area contributed by atoms with Gasteiger partial charge in [-0.25, -0.2) is 0 Å². The zero-order valence-electron chi connectivity index (χ0n) is 11.9. The van der Waals surface area contributed by atoms with Crippen LogP contribution in [0.25, 0.3) is 0 Å². The Bertz CT molecular complexity index is 331. The molecule has 1 rings (SSSR count). The molecule has 0 aliphatic heterocycles. The SMILES string of the molecule is COCCOCCNCc1cnn(C(C)(C)C)c1. The monoisotopic (exact) mass is 255 g/mol. The molecular weight excluding hydrogens is 230 g/mol. The second kappa shape index (κ2) is 7.51. The van der Waals surface area contributed by atoms with E-state index >= 15 is 0 Å². The van der Waals surface area contributed by atoms with Crippen LogP contribution in [-0.2, 0) is 21.6 Å². The molecule has 0 aromatic carbocycles. The van der Waals surface area contributed by atoms with Crippen molar-refractivity contribution in [2.45, 2.75) is 32.9 Å². The molecule has 0 aliphatic rings. The van der Waals surface area contributed by atoms with E-state index in [-0.39, 0.29) is 5.54 Å². The van der Waals surface area contributed by atoms with Gasteiger partial charge < -0.3 is 14.8 Å². The van der Waals surface area contributed by atoms with Crippen molar-refractivity contribution < 1.29 is 9.47 Å². The summed E-state index contributed by atoms with van der Waals surface area (Å²) in [5, 5.41) is 7.68. The topological polar surface area (TPSA) is 48.3 Å². The van der Waals surface area contributed by atoms with Crippen LogP contribution in [0.4, 0.5) is 0 Å². The van der Waals surface area contributed by atoms with Crippen molar-refractivity contribution in [3.8, 4) is 0 Å². The van der Waals surface area contributed by atoms with Crippen LogP contribution in [0, 0.1) is 0 Å². The van der Waals surface area contributed by atoms with Gasteiger partial charge in [-0.2, -0.15) is 5.10 Å². The van der Waals surface area contributed by atoms with E-state index in [2.05, 4.69) is 37.4 Å². The number of methoxy groups -OCH3 is 1. The number of aromatic nitrogens is 2. The molecule has 1 aromatic heterocycles. The minimum atomic E-state index is 0.0432. The lowest BCUT2D eigenvalue weighted by Crippen LogP contribution is -2.22. The molecule has 5 nitrogen and oxygen atoms in total. The molecule has 5 heteroatoms. The molecule has 1 N–H and O–H groups in total. The third-order valence-corrected chi connectivity index (χ3v) is 2.51. The summed E-state index contributed by atoms with van der Waals surface area (Å²) in [7, 11) is 1.68. The van der Waals surface area contributed by atoms with Gasteiger partial charge in [0.2, 0.25) is 0 Å². The summed E-state index contributed by atoms with van der Waals surface area (Å²) in [5.74, 6) is 0. The summed E-state index contributed by atoms with van der Waals surface area (Å²) < 4.78 is 12.2. The van der Waals surface area contributed by atoms with Gasteiger partial charge in [0.1, 0.15) is 0 Å². The van der Waals surface area contributed by atoms with Crippen molar-refractivity contribution in [3.63, 3.8) is 0 Å². The zero-order chi connectivity index (χ0) is 13.4. The predicted molar refractivity (Wildman–Crippen MR) is 71.6 cm³/mol. The van der Waals surface area contributed by atoms with Crippen LogP contribution in [0.3, 0.4) is 0 Å². The molecule has 104 valence electrons. The average Bonchev–Trinajstić information content (AvgIpc) is 2.76. The highest BCUT2D eigenvalue weighted by Gasteiger charge is 2.13. The number of ether oxygens (including phenoxy) is 2. The predicted octanol–water partition coefficient (Wildman–Crippen LogP) is 1.39. The normalized spacial score (nSPS) is 12.0. The van der Waals surface area contributed by atoms with Crippen LogP contribution in [0.15, 0.2) is 12.4 Å². The van der Waals surface area contributed by atoms with E-state index < -0.39 is 0 Å². The summed E-state index contributed by atoms with van der Waals surface area (Å²) in [5.41, 5.74) is 1.24. The molecule has 0 spiro atoms. The van der Waals surface area contributed by atoms with Crippen LogP contribution < -0.4 is 5.32 Å². The van der Waals surface area contributed by atoms with Gasteiger partial charge in [0.15, 0.2) is 0 Å². The largest absolute Gasteiger partial charge is 0.382 e. The Morgan fingerprint density at radius 1 is 1.28 bits per heavy atom. The van der Waals surface area contributed by atoms with Crippen molar-refractivity contribution in [1.82, 2.24) is 15.1 Å². The van der Waals surface area contributed by atoms with E-state index in [0.29, 0.717) is 19.8 Å². The quantitative estimate of drug-likeness (QED) is 0.713. The standard InChI is InChI=1S/C13H25N3O2/c1-13(2,3)16-11-12(10-15-16)9-14-5-6-18-8-7-17-4/h10-11,14H,5-9H2,1-4H3. The van der Waals surface area contributed by atoms with Gasteiger partial charge in [0.25, 0.3) is 0 Å². The first-order valence-electron chi connectivity index (χ1n) is 6.35. The van der Waals surface area contributed by atoms with Crippen molar-refractivity contribution in [2.75, 3.05) is 33.5 Å². The summed E-state index contributed by atoms with van der Waals surface area (Å²) in [6.07, 6.45) is 3.99. The molecule has 0 fully saturated rings. The second-order valence-corrected chi connectivity index (χ2v) is 5.25. The van der Waals surface area contributed by atoms with E-state index in [1.165, 1.54) is 5.56 Å². The lowest BCUT2D eigenvalue weighted by Gasteiger charge is -2.18. The molecule has 0 saturated carbocycles. The molecule has 0 unspecified atom stereocenters. The Morgan fingerprint density at radius 2 is 2.06 bits per heavy atom. The third-order valence-electron chi connectivity index (χ3n) is 2.51. The molecule has 0 radical (unpaired) electrons. The van der Waals surface area contributed by atoms with Gasteiger partial charge in [0, 0.05) is 32.0 Å². The molecule has 0 bridgehead atoms. The lowest BCUT2D eigenvalue weighted by atomic mass is 10.1. The van der Waals surface area contributed by atoms with Crippen LogP contribution >= 0.6 is 0 Å². The zero-order valence-corrected chi connectivity index (χ0v) is 11.9. The average molecular weight is 255 g/mol. The second-order valence-electron chi connectivity index (χ2n) is 5.25. The van der Waals surface area contributed by atoms with Crippen LogP contribution in [0.2, 0.25) is 0 Å². The van der Waals surface area contributed by atoms with E-state index in [4.69, 9.17) is 9.47 Å². The van der Waals surface area contributed by atoms with Crippen molar-refractivity contribution in [1.29, 1.82) is 0 Å². The molecule has 1 heterocycles. The van der Waals surface area contributed by atoms with Crippen LogP contribution in [0.1, 0.15) is 26.3 Å². The third kappa shape index (κ3) is 5.62. The van der Waals surface area contributed by atoms with Crippen molar-refractivity contribution in [3.05, 3.63) is 18.0 Å². The van der Waals surface area contributed by atoms with Gasteiger partial charge in [-0.05, 0) is 20.8 Å². The van der Waals surface area contributed by atoms with E-state index in [9.17, 15) is 0 Å². The maximum atomic E-state index is 5.36. The smallest absolute Gasteiger partial charge is 0.0700 e. The van der Waals surface area contributed by atoms with Gasteiger partial charge >= 0.3 is 0 Å². The number of nitrogens with zero attached hydrogens (tertiary/aromatic N) is 2. The van der Waals surface area contributed by atoms with E-state index in [0.717, 1.165) is 13.1 Å². The number of hydrogen-bond donors (Lipinski definition) is 1. The molecule has 0 saturated heterocycles. The molecule has 0 amide bonds. The molecular formula is C13H25N3O2. The summed E-state index contributed by atoms with van der Waals surface area (Å²) in [4.78, 5) is 0. The highest BCUT2D eigenvalue weighted by molar-refractivity contribution is 5.04. The molecule has 0 atom stereocenters. The maximum absolute atomic E-state index is 5.36. The van der Waals surface area contributed by atoms with Crippen molar-refractivity contribution >= 4 is 0 Å². The minimum Gasteiger partial charge on any atom is -0.382 e. The summed E-state index contributed by atoms with van der Waals surface area (Å²) in [6, 6.07) is 0. The Labute approximate surface area is 109 Å². The Balaban J connectivity index is 2.14. The maximum Gasteiger partial charge on any atom is 0.0700 e.